The molecule has 6 nitrogen and oxygen atoms in total. The molecule has 162 valence electrons. The smallest absolute Gasteiger partial charge is 0.262 e. The largest absolute Gasteiger partial charge is 0.484 e. The second-order valence-corrected chi connectivity index (χ2v) is 9.73. The molecule has 0 heterocycles. The van der Waals surface area contributed by atoms with Gasteiger partial charge in [-0.15, -0.1) is 0 Å². The van der Waals surface area contributed by atoms with E-state index < -0.39 is 10.0 Å². The first-order chi connectivity index (χ1) is 14.6. The van der Waals surface area contributed by atoms with Gasteiger partial charge in [-0.2, -0.15) is 0 Å². The Bertz CT molecular complexity index is 1210. The van der Waals surface area contributed by atoms with Crippen LogP contribution in [0, 0.1) is 20.8 Å². The predicted molar refractivity (Wildman–Crippen MR) is 126 cm³/mol. The standard InChI is InChI=1S/C23H23BrN2O4S/c1-15-4-11-22(17(3)12-15)26-31(28,29)20-8-5-18(6-9-20)25-23(27)14-30-19-7-10-21(24)16(2)13-19/h4-13,26H,14H2,1-3H3,(H,25,27). The fraction of sp³-hybridized carbons (Fsp3) is 0.174. The summed E-state index contributed by atoms with van der Waals surface area (Å²) < 4.78 is 34.4. The van der Waals surface area contributed by atoms with Gasteiger partial charge in [0, 0.05) is 10.2 Å². The highest BCUT2D eigenvalue weighted by molar-refractivity contribution is 9.10. The molecule has 0 aromatic heterocycles. The number of ether oxygens (including phenoxy) is 1. The molecule has 0 aliphatic carbocycles. The molecular weight excluding hydrogens is 480 g/mol. The summed E-state index contributed by atoms with van der Waals surface area (Å²) in [6.45, 7) is 5.57. The molecule has 3 aromatic rings. The summed E-state index contributed by atoms with van der Waals surface area (Å²) >= 11 is 3.42. The molecule has 0 fully saturated rings. The molecule has 3 aromatic carbocycles. The third kappa shape index (κ3) is 6.08. The van der Waals surface area contributed by atoms with E-state index in [-0.39, 0.29) is 17.4 Å². The van der Waals surface area contributed by atoms with E-state index in [0.29, 0.717) is 17.1 Å². The van der Waals surface area contributed by atoms with Gasteiger partial charge in [-0.05, 0) is 80.4 Å². The van der Waals surface area contributed by atoms with Crippen molar-refractivity contribution in [2.45, 2.75) is 25.7 Å². The van der Waals surface area contributed by atoms with Crippen molar-refractivity contribution in [1.29, 1.82) is 0 Å². The molecule has 0 saturated heterocycles. The number of amides is 1. The number of benzene rings is 3. The second kappa shape index (κ2) is 9.53. The van der Waals surface area contributed by atoms with Crippen LogP contribution in [0.15, 0.2) is 70.0 Å². The van der Waals surface area contributed by atoms with E-state index >= 15 is 0 Å². The van der Waals surface area contributed by atoms with Crippen LogP contribution in [0.2, 0.25) is 0 Å². The van der Waals surface area contributed by atoms with Crippen LogP contribution in [-0.4, -0.2) is 20.9 Å². The minimum atomic E-state index is -3.74. The molecule has 0 saturated carbocycles. The highest BCUT2D eigenvalue weighted by Gasteiger charge is 2.15. The van der Waals surface area contributed by atoms with Gasteiger partial charge in [0.25, 0.3) is 15.9 Å². The molecule has 0 spiro atoms. The van der Waals surface area contributed by atoms with Gasteiger partial charge in [0.15, 0.2) is 6.61 Å². The minimum Gasteiger partial charge on any atom is -0.484 e. The number of sulfonamides is 1. The fourth-order valence-electron chi connectivity index (χ4n) is 2.90. The number of rotatable bonds is 7. The molecule has 2 N–H and O–H groups in total. The summed E-state index contributed by atoms with van der Waals surface area (Å²) in [5, 5.41) is 2.69. The van der Waals surface area contributed by atoms with E-state index in [1.807, 2.05) is 45.0 Å². The maximum atomic E-state index is 12.7. The van der Waals surface area contributed by atoms with Crippen LogP contribution in [0.25, 0.3) is 0 Å². The predicted octanol–water partition coefficient (Wildman–Crippen LogP) is 5.19. The van der Waals surface area contributed by atoms with Gasteiger partial charge < -0.3 is 10.1 Å². The van der Waals surface area contributed by atoms with Crippen molar-refractivity contribution in [3.63, 3.8) is 0 Å². The average molecular weight is 503 g/mol. The van der Waals surface area contributed by atoms with Crippen LogP contribution in [-0.2, 0) is 14.8 Å². The monoisotopic (exact) mass is 502 g/mol. The molecule has 0 unspecified atom stereocenters. The molecule has 3 rings (SSSR count). The van der Waals surface area contributed by atoms with Gasteiger partial charge >= 0.3 is 0 Å². The van der Waals surface area contributed by atoms with Gasteiger partial charge in [0.05, 0.1) is 10.6 Å². The van der Waals surface area contributed by atoms with E-state index in [1.54, 1.807) is 12.1 Å². The van der Waals surface area contributed by atoms with Gasteiger partial charge in [0.2, 0.25) is 0 Å². The maximum Gasteiger partial charge on any atom is 0.262 e. The quantitative estimate of drug-likeness (QED) is 0.465. The number of hydrogen-bond acceptors (Lipinski definition) is 4. The van der Waals surface area contributed by atoms with Gasteiger partial charge in [-0.1, -0.05) is 33.6 Å². The Morgan fingerprint density at radius 2 is 1.65 bits per heavy atom. The molecule has 0 aliphatic rings. The Balaban J connectivity index is 1.61. The van der Waals surface area contributed by atoms with Crippen LogP contribution in [0.4, 0.5) is 11.4 Å². The normalized spacial score (nSPS) is 11.1. The summed E-state index contributed by atoms with van der Waals surface area (Å²) in [5.74, 6) is 0.249. The van der Waals surface area contributed by atoms with Crippen LogP contribution in [0.3, 0.4) is 0 Å². The topological polar surface area (TPSA) is 84.5 Å². The van der Waals surface area contributed by atoms with Crippen molar-refractivity contribution in [3.8, 4) is 5.75 Å². The Hall–Kier alpha value is -2.84. The van der Waals surface area contributed by atoms with Crippen molar-refractivity contribution in [3.05, 3.63) is 81.8 Å². The number of nitrogens with one attached hydrogen (secondary N) is 2. The van der Waals surface area contributed by atoms with Crippen LogP contribution < -0.4 is 14.8 Å². The first-order valence-corrected chi connectivity index (χ1v) is 11.8. The molecule has 0 bridgehead atoms. The van der Waals surface area contributed by atoms with Crippen LogP contribution in [0.5, 0.6) is 5.75 Å². The molecule has 0 atom stereocenters. The lowest BCUT2D eigenvalue weighted by Crippen LogP contribution is -2.20. The first kappa shape index (κ1) is 22.8. The molecular formula is C23H23BrN2O4S. The minimum absolute atomic E-state index is 0.104. The second-order valence-electron chi connectivity index (χ2n) is 7.20. The van der Waals surface area contributed by atoms with Crippen LogP contribution in [0.1, 0.15) is 16.7 Å². The number of hydrogen-bond donors (Lipinski definition) is 2. The Morgan fingerprint density at radius 1 is 0.935 bits per heavy atom. The van der Waals surface area contributed by atoms with E-state index in [2.05, 4.69) is 26.0 Å². The maximum absolute atomic E-state index is 12.7. The lowest BCUT2D eigenvalue weighted by atomic mass is 10.1. The fourth-order valence-corrected chi connectivity index (χ4v) is 4.28. The zero-order chi connectivity index (χ0) is 22.6. The van der Waals surface area contributed by atoms with Crippen molar-refractivity contribution in [2.24, 2.45) is 0 Å². The zero-order valence-corrected chi connectivity index (χ0v) is 19.8. The Morgan fingerprint density at radius 3 is 2.29 bits per heavy atom. The van der Waals surface area contributed by atoms with Crippen molar-refractivity contribution < 1.29 is 17.9 Å². The van der Waals surface area contributed by atoms with E-state index in [9.17, 15) is 13.2 Å². The third-order valence-corrected chi connectivity index (χ3v) is 6.85. The van der Waals surface area contributed by atoms with Gasteiger partial charge in [-0.3, -0.25) is 9.52 Å². The highest BCUT2D eigenvalue weighted by Crippen LogP contribution is 2.23. The lowest BCUT2D eigenvalue weighted by molar-refractivity contribution is -0.118. The van der Waals surface area contributed by atoms with Crippen LogP contribution >= 0.6 is 15.9 Å². The summed E-state index contributed by atoms with van der Waals surface area (Å²) in [6.07, 6.45) is 0. The van der Waals surface area contributed by atoms with E-state index in [0.717, 1.165) is 21.2 Å². The number of carbonyl (C=O) groups is 1. The van der Waals surface area contributed by atoms with Gasteiger partial charge in [-0.25, -0.2) is 8.42 Å². The Labute approximate surface area is 190 Å². The number of carbonyl (C=O) groups excluding carboxylic acids is 1. The molecule has 0 radical (unpaired) electrons. The summed E-state index contributed by atoms with van der Waals surface area (Å²) in [4.78, 5) is 12.3. The molecule has 8 heteroatoms. The Kier molecular flexibility index (Phi) is 7.02. The molecule has 31 heavy (non-hydrogen) atoms. The van der Waals surface area contributed by atoms with E-state index in [4.69, 9.17) is 4.74 Å². The number of halogens is 1. The van der Waals surface area contributed by atoms with Crippen molar-refractivity contribution in [1.82, 2.24) is 0 Å². The number of aryl methyl sites for hydroxylation is 3. The highest BCUT2D eigenvalue weighted by atomic mass is 79.9. The summed E-state index contributed by atoms with van der Waals surface area (Å²) in [7, 11) is -3.74. The third-order valence-electron chi connectivity index (χ3n) is 4.57. The number of anilines is 2. The molecule has 1 amide bonds. The lowest BCUT2D eigenvalue weighted by Gasteiger charge is -2.12. The van der Waals surface area contributed by atoms with Crippen molar-refractivity contribution >= 4 is 43.2 Å². The van der Waals surface area contributed by atoms with Gasteiger partial charge in [0.1, 0.15) is 5.75 Å². The SMILES string of the molecule is Cc1ccc(NS(=O)(=O)c2ccc(NC(=O)COc3ccc(Br)c(C)c3)cc2)c(C)c1. The van der Waals surface area contributed by atoms with E-state index in [1.165, 1.54) is 24.3 Å². The zero-order valence-electron chi connectivity index (χ0n) is 17.4. The first-order valence-electron chi connectivity index (χ1n) is 9.53. The summed E-state index contributed by atoms with van der Waals surface area (Å²) in [5.41, 5.74) is 3.91. The van der Waals surface area contributed by atoms with Crippen molar-refractivity contribution in [2.75, 3.05) is 16.6 Å². The molecule has 0 aliphatic heterocycles. The average Bonchev–Trinajstić information content (AvgIpc) is 2.71. The summed E-state index contributed by atoms with van der Waals surface area (Å²) in [6, 6.07) is 16.9.